The molecule has 1 aliphatic heterocycles. The first-order valence-corrected chi connectivity index (χ1v) is 10.9. The first-order chi connectivity index (χ1) is 16.5. The SMILES string of the molecule is COc1ccc(/C2=C/C=C\CCCc3cc(C(=O)Nc4cccc(C(N)=O)c4)nn32)cc1OC. The van der Waals surface area contributed by atoms with Gasteiger partial charge in [-0.3, -0.25) is 9.59 Å². The molecular weight excluding hydrogens is 432 g/mol. The summed E-state index contributed by atoms with van der Waals surface area (Å²) in [6.07, 6.45) is 8.69. The van der Waals surface area contributed by atoms with E-state index >= 15 is 0 Å². The maximum atomic E-state index is 13.0. The Morgan fingerprint density at radius 2 is 1.88 bits per heavy atom. The van der Waals surface area contributed by atoms with Crippen LogP contribution in [0.3, 0.4) is 0 Å². The topological polar surface area (TPSA) is 108 Å². The number of carbonyl (C=O) groups is 2. The summed E-state index contributed by atoms with van der Waals surface area (Å²) in [7, 11) is 3.18. The van der Waals surface area contributed by atoms with Crippen molar-refractivity contribution >= 4 is 23.2 Å². The molecule has 3 aromatic rings. The molecule has 0 saturated heterocycles. The van der Waals surface area contributed by atoms with Crippen LogP contribution in [0, 0.1) is 0 Å². The van der Waals surface area contributed by atoms with Gasteiger partial charge in [-0.25, -0.2) is 4.68 Å². The van der Waals surface area contributed by atoms with E-state index in [1.165, 1.54) is 6.07 Å². The summed E-state index contributed by atoms with van der Waals surface area (Å²) in [5, 5.41) is 7.44. The van der Waals surface area contributed by atoms with Crippen molar-refractivity contribution in [1.82, 2.24) is 9.78 Å². The van der Waals surface area contributed by atoms with Crippen molar-refractivity contribution in [2.75, 3.05) is 19.5 Å². The molecular formula is C26H26N4O4. The highest BCUT2D eigenvalue weighted by molar-refractivity contribution is 6.04. The molecule has 2 heterocycles. The fraction of sp³-hybridized carbons (Fsp3) is 0.192. The lowest BCUT2D eigenvalue weighted by atomic mass is 10.1. The largest absolute Gasteiger partial charge is 0.493 e. The zero-order valence-corrected chi connectivity index (χ0v) is 19.1. The molecule has 3 N–H and O–H groups in total. The fourth-order valence-electron chi connectivity index (χ4n) is 3.80. The summed E-state index contributed by atoms with van der Waals surface area (Å²) in [6, 6.07) is 13.9. The van der Waals surface area contributed by atoms with Crippen molar-refractivity contribution in [3.05, 3.63) is 89.3 Å². The molecule has 4 rings (SSSR count). The number of benzene rings is 2. The standard InChI is InChI=1S/C26H26N4O4/c1-33-23-13-12-17(15-24(23)34-2)22-11-6-4-3-5-10-20-16-21(29-30(20)22)26(32)28-19-9-7-8-18(14-19)25(27)31/h4,6-9,11-16H,3,5,10H2,1-2H3,(H2,27,31)(H,28,32)/b6-4-,22-11-. The van der Waals surface area contributed by atoms with Crippen LogP contribution in [-0.4, -0.2) is 35.8 Å². The number of nitrogens with zero attached hydrogens (tertiary/aromatic N) is 2. The number of nitrogens with two attached hydrogens (primary N) is 1. The van der Waals surface area contributed by atoms with Gasteiger partial charge in [0, 0.05) is 22.5 Å². The highest BCUT2D eigenvalue weighted by atomic mass is 16.5. The van der Waals surface area contributed by atoms with Crippen molar-refractivity contribution in [2.24, 2.45) is 5.73 Å². The van der Waals surface area contributed by atoms with Gasteiger partial charge in [-0.2, -0.15) is 5.10 Å². The predicted octanol–water partition coefficient (Wildman–Crippen LogP) is 4.03. The van der Waals surface area contributed by atoms with E-state index in [-0.39, 0.29) is 11.6 Å². The Bertz CT molecular complexity index is 1290. The van der Waals surface area contributed by atoms with Crippen LogP contribution in [0.25, 0.3) is 5.70 Å². The van der Waals surface area contributed by atoms with E-state index in [1.807, 2.05) is 30.4 Å². The molecule has 0 saturated carbocycles. The van der Waals surface area contributed by atoms with Gasteiger partial charge in [0.2, 0.25) is 5.91 Å². The minimum Gasteiger partial charge on any atom is -0.493 e. The Morgan fingerprint density at radius 1 is 1.06 bits per heavy atom. The second-order valence-corrected chi connectivity index (χ2v) is 7.77. The molecule has 1 aromatic heterocycles. The minimum atomic E-state index is -0.560. The van der Waals surface area contributed by atoms with Gasteiger partial charge in [0.1, 0.15) is 0 Å². The summed E-state index contributed by atoms with van der Waals surface area (Å²) in [5.74, 6) is 0.297. The number of ether oxygens (including phenoxy) is 2. The smallest absolute Gasteiger partial charge is 0.276 e. The van der Waals surface area contributed by atoms with Crippen molar-refractivity contribution in [3.8, 4) is 11.5 Å². The van der Waals surface area contributed by atoms with E-state index in [2.05, 4.69) is 16.5 Å². The van der Waals surface area contributed by atoms with Gasteiger partial charge in [-0.1, -0.05) is 18.2 Å². The molecule has 34 heavy (non-hydrogen) atoms. The van der Waals surface area contributed by atoms with E-state index < -0.39 is 5.91 Å². The molecule has 2 aromatic carbocycles. The molecule has 0 atom stereocenters. The average Bonchev–Trinajstić information content (AvgIpc) is 3.29. The van der Waals surface area contributed by atoms with E-state index in [1.54, 1.807) is 43.2 Å². The van der Waals surface area contributed by atoms with Crippen molar-refractivity contribution in [1.29, 1.82) is 0 Å². The molecule has 8 nitrogen and oxygen atoms in total. The number of anilines is 1. The zero-order valence-electron chi connectivity index (χ0n) is 19.1. The van der Waals surface area contributed by atoms with Crippen LogP contribution in [0.1, 0.15) is 44.9 Å². The third-order valence-corrected chi connectivity index (χ3v) is 5.52. The second-order valence-electron chi connectivity index (χ2n) is 7.77. The van der Waals surface area contributed by atoms with Gasteiger partial charge >= 0.3 is 0 Å². The lowest BCUT2D eigenvalue weighted by Gasteiger charge is -2.14. The van der Waals surface area contributed by atoms with E-state index in [4.69, 9.17) is 15.2 Å². The average molecular weight is 459 g/mol. The van der Waals surface area contributed by atoms with Crippen LogP contribution >= 0.6 is 0 Å². The quantitative estimate of drug-likeness (QED) is 0.580. The number of carbonyl (C=O) groups excluding carboxylic acids is 2. The molecule has 2 amide bonds. The lowest BCUT2D eigenvalue weighted by molar-refractivity contribution is 0.0995. The number of aromatic nitrogens is 2. The number of allylic oxidation sites excluding steroid dienone is 3. The Labute approximate surface area is 197 Å². The molecule has 1 aliphatic rings. The van der Waals surface area contributed by atoms with E-state index in [9.17, 15) is 9.59 Å². The number of fused-ring (bicyclic) bond motifs is 1. The Morgan fingerprint density at radius 3 is 2.65 bits per heavy atom. The number of aryl methyl sites for hydroxylation is 1. The first kappa shape index (κ1) is 22.8. The third-order valence-electron chi connectivity index (χ3n) is 5.52. The van der Waals surface area contributed by atoms with Crippen molar-refractivity contribution in [3.63, 3.8) is 0 Å². The van der Waals surface area contributed by atoms with Crippen LogP contribution in [0.15, 0.2) is 66.8 Å². The van der Waals surface area contributed by atoms with E-state index in [0.717, 1.165) is 36.2 Å². The van der Waals surface area contributed by atoms with Crippen LogP contribution in [0.5, 0.6) is 11.5 Å². The molecule has 0 bridgehead atoms. The summed E-state index contributed by atoms with van der Waals surface area (Å²) in [6.45, 7) is 0. The van der Waals surface area contributed by atoms with Gasteiger partial charge in [-0.15, -0.1) is 0 Å². The monoisotopic (exact) mass is 458 g/mol. The second kappa shape index (κ2) is 10.1. The van der Waals surface area contributed by atoms with Gasteiger partial charge in [-0.05, 0) is 67.8 Å². The number of hydrogen-bond donors (Lipinski definition) is 2. The molecule has 0 fully saturated rings. The molecule has 8 heteroatoms. The third kappa shape index (κ3) is 4.85. The van der Waals surface area contributed by atoms with Crippen molar-refractivity contribution < 1.29 is 19.1 Å². The van der Waals surface area contributed by atoms with Gasteiger partial charge in [0.25, 0.3) is 5.91 Å². The van der Waals surface area contributed by atoms with Crippen LogP contribution in [0.4, 0.5) is 5.69 Å². The van der Waals surface area contributed by atoms with Crippen LogP contribution in [0.2, 0.25) is 0 Å². The number of amides is 2. The van der Waals surface area contributed by atoms with Gasteiger partial charge in [0.15, 0.2) is 17.2 Å². The molecule has 0 unspecified atom stereocenters. The fourth-order valence-corrected chi connectivity index (χ4v) is 3.80. The number of methoxy groups -OCH3 is 2. The summed E-state index contributed by atoms with van der Waals surface area (Å²) < 4.78 is 12.6. The zero-order chi connectivity index (χ0) is 24.1. The molecule has 0 aliphatic carbocycles. The Balaban J connectivity index is 1.71. The molecule has 0 radical (unpaired) electrons. The molecule has 174 valence electrons. The maximum absolute atomic E-state index is 13.0. The normalized spacial score (nSPS) is 15.5. The highest BCUT2D eigenvalue weighted by Crippen LogP contribution is 2.32. The summed E-state index contributed by atoms with van der Waals surface area (Å²) in [5.41, 5.74) is 9.00. The molecule has 0 spiro atoms. The van der Waals surface area contributed by atoms with Gasteiger partial charge < -0.3 is 20.5 Å². The summed E-state index contributed by atoms with van der Waals surface area (Å²) >= 11 is 0. The maximum Gasteiger partial charge on any atom is 0.276 e. The lowest BCUT2D eigenvalue weighted by Crippen LogP contribution is -2.15. The Kier molecular flexibility index (Phi) is 6.77. The Hall–Kier alpha value is -4.33. The van der Waals surface area contributed by atoms with Gasteiger partial charge in [0.05, 0.1) is 19.9 Å². The van der Waals surface area contributed by atoms with Crippen LogP contribution in [-0.2, 0) is 6.42 Å². The number of hydrogen-bond acceptors (Lipinski definition) is 5. The number of rotatable bonds is 6. The number of primary amides is 1. The minimum absolute atomic E-state index is 0.274. The first-order valence-electron chi connectivity index (χ1n) is 10.9. The number of nitrogens with one attached hydrogen (secondary N) is 1. The predicted molar refractivity (Wildman–Crippen MR) is 130 cm³/mol. The summed E-state index contributed by atoms with van der Waals surface area (Å²) in [4.78, 5) is 24.5. The van der Waals surface area contributed by atoms with Crippen molar-refractivity contribution in [2.45, 2.75) is 19.3 Å². The highest BCUT2D eigenvalue weighted by Gasteiger charge is 2.19. The van der Waals surface area contributed by atoms with Crippen LogP contribution < -0.4 is 20.5 Å². The van der Waals surface area contributed by atoms with E-state index in [0.29, 0.717) is 22.7 Å².